The second kappa shape index (κ2) is 15.8. The summed E-state index contributed by atoms with van der Waals surface area (Å²) in [6.07, 6.45) is 0. The van der Waals surface area contributed by atoms with Crippen LogP contribution in [0.2, 0.25) is 0 Å². The van der Waals surface area contributed by atoms with Crippen molar-refractivity contribution >= 4 is 0 Å². The maximum atomic E-state index is 5.28. The molecule has 2 heteroatoms. The molecule has 0 spiro atoms. The van der Waals surface area contributed by atoms with Gasteiger partial charge in [-0.2, -0.15) is 0 Å². The third-order valence-electron chi connectivity index (χ3n) is 11.2. The first-order chi connectivity index (χ1) is 28.4. The number of benzene rings is 7. The third kappa shape index (κ3) is 7.41. The fourth-order valence-corrected chi connectivity index (χ4v) is 8.24. The molecular weight excluding hydrogens is 701 g/mol. The van der Waals surface area contributed by atoms with Crippen LogP contribution in [0.25, 0.3) is 89.5 Å². The summed E-state index contributed by atoms with van der Waals surface area (Å²) in [5, 5.41) is 0. The second-order valence-corrected chi connectivity index (χ2v) is 15.3. The first-order valence-corrected chi connectivity index (χ1v) is 20.0. The molecule has 0 fully saturated rings. The molecule has 2 heterocycles. The Morgan fingerprint density at radius 2 is 0.517 bits per heavy atom. The smallest absolute Gasteiger partial charge is 0.0715 e. The van der Waals surface area contributed by atoms with Crippen LogP contribution in [0.1, 0.15) is 22.3 Å². The number of hydrogen-bond donors (Lipinski definition) is 0. The molecule has 2 aromatic heterocycles. The molecular formula is C56H44N2. The van der Waals surface area contributed by atoms with E-state index in [1.165, 1.54) is 44.5 Å². The lowest BCUT2D eigenvalue weighted by molar-refractivity contribution is 1.31. The molecule has 2 nitrogen and oxygen atoms in total. The van der Waals surface area contributed by atoms with Gasteiger partial charge >= 0.3 is 0 Å². The molecule has 0 unspecified atom stereocenters. The van der Waals surface area contributed by atoms with Crippen molar-refractivity contribution in [2.45, 2.75) is 27.7 Å². The highest BCUT2D eigenvalue weighted by atomic mass is 14.7. The minimum Gasteiger partial charge on any atom is -0.248 e. The normalized spacial score (nSPS) is 11.1. The Bertz CT molecular complexity index is 2650. The molecule has 0 saturated carbocycles. The number of pyridine rings is 2. The topological polar surface area (TPSA) is 25.8 Å². The zero-order valence-electron chi connectivity index (χ0n) is 33.4. The highest BCUT2D eigenvalue weighted by Crippen LogP contribution is 2.37. The van der Waals surface area contributed by atoms with Crippen LogP contribution in [0, 0.1) is 27.7 Å². The van der Waals surface area contributed by atoms with Gasteiger partial charge in [0.1, 0.15) is 0 Å². The Balaban J connectivity index is 1.13. The van der Waals surface area contributed by atoms with Crippen LogP contribution >= 0.6 is 0 Å². The molecule has 0 bridgehead atoms. The van der Waals surface area contributed by atoms with E-state index in [2.05, 4.69) is 210 Å². The van der Waals surface area contributed by atoms with Gasteiger partial charge in [0.2, 0.25) is 0 Å². The van der Waals surface area contributed by atoms with Crippen LogP contribution in [-0.4, -0.2) is 9.97 Å². The van der Waals surface area contributed by atoms with Crippen molar-refractivity contribution in [3.63, 3.8) is 0 Å². The van der Waals surface area contributed by atoms with Gasteiger partial charge in [0.25, 0.3) is 0 Å². The molecule has 0 atom stereocenters. The molecule has 9 aromatic rings. The molecule has 0 aliphatic rings. The van der Waals surface area contributed by atoms with Gasteiger partial charge in [-0.1, -0.05) is 164 Å². The number of nitrogens with zero attached hydrogens (tertiary/aromatic N) is 2. The summed E-state index contributed by atoms with van der Waals surface area (Å²) in [6.45, 7) is 8.74. The summed E-state index contributed by atoms with van der Waals surface area (Å²) < 4.78 is 0. The summed E-state index contributed by atoms with van der Waals surface area (Å²) in [6, 6.07) is 69.3. The van der Waals surface area contributed by atoms with Gasteiger partial charge < -0.3 is 0 Å². The quantitative estimate of drug-likeness (QED) is 0.155. The first kappa shape index (κ1) is 36.5. The average Bonchev–Trinajstić information content (AvgIpc) is 3.27. The van der Waals surface area contributed by atoms with Gasteiger partial charge in [-0.3, -0.25) is 0 Å². The number of rotatable bonds is 8. The minimum absolute atomic E-state index is 0.915. The molecule has 58 heavy (non-hydrogen) atoms. The van der Waals surface area contributed by atoms with E-state index in [-0.39, 0.29) is 0 Å². The Kier molecular flexibility index (Phi) is 9.91. The van der Waals surface area contributed by atoms with E-state index in [9.17, 15) is 0 Å². The lowest BCUT2D eigenvalue weighted by Crippen LogP contribution is -1.94. The zero-order valence-corrected chi connectivity index (χ0v) is 33.4. The molecule has 0 saturated heterocycles. The monoisotopic (exact) mass is 744 g/mol. The molecule has 0 N–H and O–H groups in total. The van der Waals surface area contributed by atoms with Gasteiger partial charge in [-0.25, -0.2) is 9.97 Å². The van der Waals surface area contributed by atoms with Gasteiger partial charge in [0.15, 0.2) is 0 Å². The molecule has 9 rings (SSSR count). The van der Waals surface area contributed by atoms with E-state index >= 15 is 0 Å². The average molecular weight is 745 g/mol. The molecule has 0 radical (unpaired) electrons. The highest BCUT2D eigenvalue weighted by molar-refractivity contribution is 5.83. The van der Waals surface area contributed by atoms with Gasteiger partial charge in [-0.05, 0) is 125 Å². The van der Waals surface area contributed by atoms with E-state index in [1.54, 1.807) is 0 Å². The van der Waals surface area contributed by atoms with Crippen molar-refractivity contribution in [2.24, 2.45) is 0 Å². The molecule has 7 aromatic carbocycles. The summed E-state index contributed by atoms with van der Waals surface area (Å²) in [5.41, 5.74) is 22.7. The lowest BCUT2D eigenvalue weighted by atomic mass is 9.93. The van der Waals surface area contributed by atoms with E-state index in [0.29, 0.717) is 0 Å². The maximum Gasteiger partial charge on any atom is 0.0715 e. The van der Waals surface area contributed by atoms with Gasteiger partial charge in [0.05, 0.1) is 22.8 Å². The predicted molar refractivity (Wildman–Crippen MR) is 244 cm³/mol. The Hall–Kier alpha value is -7.16. The van der Waals surface area contributed by atoms with Crippen LogP contribution < -0.4 is 0 Å². The number of aryl methyl sites for hydroxylation is 4. The van der Waals surface area contributed by atoms with Crippen molar-refractivity contribution in [1.29, 1.82) is 0 Å². The second-order valence-electron chi connectivity index (χ2n) is 15.3. The third-order valence-corrected chi connectivity index (χ3v) is 11.2. The SMILES string of the molecule is Cc1cccc(C)c1-c1ccc(-c2cc(-c3ccccc3)nc(-c3cccc(-c4cc(-c5ccc(-c6c(C)cccc6C)cc5)cc(-c5ccccc5)n4)c3)c2)cc1. The Labute approximate surface area is 342 Å². The van der Waals surface area contributed by atoms with Crippen LogP contribution in [0.4, 0.5) is 0 Å². The summed E-state index contributed by atoms with van der Waals surface area (Å²) in [5.74, 6) is 0. The van der Waals surface area contributed by atoms with Crippen molar-refractivity contribution in [1.82, 2.24) is 9.97 Å². The van der Waals surface area contributed by atoms with Crippen LogP contribution in [0.3, 0.4) is 0 Å². The van der Waals surface area contributed by atoms with E-state index in [0.717, 1.165) is 67.3 Å². The summed E-state index contributed by atoms with van der Waals surface area (Å²) >= 11 is 0. The number of hydrogen-bond acceptors (Lipinski definition) is 2. The fraction of sp³-hybridized carbons (Fsp3) is 0.0714. The predicted octanol–water partition coefficient (Wildman–Crippen LogP) is 15.0. The largest absolute Gasteiger partial charge is 0.248 e. The van der Waals surface area contributed by atoms with Crippen LogP contribution in [0.15, 0.2) is 194 Å². The highest BCUT2D eigenvalue weighted by Gasteiger charge is 2.14. The van der Waals surface area contributed by atoms with E-state index in [1.807, 2.05) is 12.1 Å². The Morgan fingerprint density at radius 3 is 0.879 bits per heavy atom. The minimum atomic E-state index is 0.915. The Morgan fingerprint density at radius 1 is 0.224 bits per heavy atom. The first-order valence-electron chi connectivity index (χ1n) is 20.0. The van der Waals surface area contributed by atoms with Gasteiger partial charge in [0, 0.05) is 22.3 Å². The molecule has 278 valence electrons. The van der Waals surface area contributed by atoms with Crippen molar-refractivity contribution < 1.29 is 0 Å². The zero-order chi connectivity index (χ0) is 39.6. The van der Waals surface area contributed by atoms with Crippen molar-refractivity contribution in [2.75, 3.05) is 0 Å². The molecule has 0 aliphatic carbocycles. The summed E-state index contributed by atoms with van der Waals surface area (Å²) in [7, 11) is 0. The van der Waals surface area contributed by atoms with Crippen LogP contribution in [-0.2, 0) is 0 Å². The van der Waals surface area contributed by atoms with E-state index in [4.69, 9.17) is 9.97 Å². The lowest BCUT2D eigenvalue weighted by Gasteiger charge is -2.14. The maximum absolute atomic E-state index is 5.28. The number of aromatic nitrogens is 2. The van der Waals surface area contributed by atoms with Crippen molar-refractivity contribution in [3.8, 4) is 89.5 Å². The van der Waals surface area contributed by atoms with E-state index < -0.39 is 0 Å². The summed E-state index contributed by atoms with van der Waals surface area (Å²) in [4.78, 5) is 10.6. The fourth-order valence-electron chi connectivity index (χ4n) is 8.24. The van der Waals surface area contributed by atoms with Crippen molar-refractivity contribution in [3.05, 3.63) is 216 Å². The van der Waals surface area contributed by atoms with Crippen LogP contribution in [0.5, 0.6) is 0 Å². The molecule has 0 aliphatic heterocycles. The molecule has 0 amide bonds. The van der Waals surface area contributed by atoms with Gasteiger partial charge in [-0.15, -0.1) is 0 Å². The standard InChI is InChI=1S/C56H44N2/c1-37-14-11-15-38(2)55(37)45-28-24-41(25-29-45)49-33-51(43-18-7-5-8-19-43)57-53(35-49)47-22-13-23-48(32-47)54-36-50(34-52(58-54)44-20-9-6-10-21-44)42-26-30-46(31-27-42)56-39(3)16-12-17-40(56)4/h5-36H,1-4H3.